The first-order valence-corrected chi connectivity index (χ1v) is 11.3. The first-order chi connectivity index (χ1) is 14.6. The minimum atomic E-state index is -0.157. The fraction of sp³-hybridized carbons (Fsp3) is 0.481. The van der Waals surface area contributed by atoms with Crippen molar-refractivity contribution < 1.29 is 14.7 Å². The lowest BCUT2D eigenvalue weighted by Crippen LogP contribution is -2.20. The number of carbonyl (C=O) groups is 2. The van der Waals surface area contributed by atoms with Gasteiger partial charge in [-0.2, -0.15) is 0 Å². The summed E-state index contributed by atoms with van der Waals surface area (Å²) in [4.78, 5) is 24.4. The largest absolute Gasteiger partial charge is 0.507 e. The average molecular weight is 424 g/mol. The SMILES string of the molecule is CCCCCC(CC(=O)Nc1cc(C=O)ccc1C(C)(C)C)c1cc(C)c(O)c(C)c1. The number of carbonyl (C=O) groups excluding carboxylic acids is 2. The molecule has 0 spiro atoms. The Morgan fingerprint density at radius 3 is 2.29 bits per heavy atom. The maximum atomic E-state index is 13.1. The highest BCUT2D eigenvalue weighted by molar-refractivity contribution is 5.93. The molecule has 1 unspecified atom stereocenters. The van der Waals surface area contributed by atoms with Crippen molar-refractivity contribution in [3.63, 3.8) is 0 Å². The van der Waals surface area contributed by atoms with E-state index in [0.29, 0.717) is 23.4 Å². The molecule has 0 saturated heterocycles. The number of amides is 1. The summed E-state index contributed by atoms with van der Waals surface area (Å²) in [5, 5.41) is 13.2. The van der Waals surface area contributed by atoms with Gasteiger partial charge in [-0.05, 0) is 59.9 Å². The lowest BCUT2D eigenvalue weighted by atomic mass is 9.85. The molecule has 0 bridgehead atoms. The summed E-state index contributed by atoms with van der Waals surface area (Å²) >= 11 is 0. The van der Waals surface area contributed by atoms with Crippen LogP contribution in [0.5, 0.6) is 5.75 Å². The number of aryl methyl sites for hydroxylation is 2. The Morgan fingerprint density at radius 1 is 1.10 bits per heavy atom. The molecule has 31 heavy (non-hydrogen) atoms. The van der Waals surface area contributed by atoms with E-state index in [1.54, 1.807) is 12.1 Å². The third-order valence-corrected chi connectivity index (χ3v) is 5.83. The van der Waals surface area contributed by atoms with Crippen molar-refractivity contribution in [2.24, 2.45) is 0 Å². The van der Waals surface area contributed by atoms with Gasteiger partial charge in [0, 0.05) is 17.7 Å². The quantitative estimate of drug-likeness (QED) is 0.344. The molecule has 4 nitrogen and oxygen atoms in total. The molecule has 2 rings (SSSR count). The number of unbranched alkanes of at least 4 members (excludes halogenated alkanes) is 2. The summed E-state index contributed by atoms with van der Waals surface area (Å²) in [6.07, 6.45) is 5.40. The van der Waals surface area contributed by atoms with E-state index in [-0.39, 0.29) is 17.2 Å². The van der Waals surface area contributed by atoms with Crippen molar-refractivity contribution in [3.05, 3.63) is 58.1 Å². The average Bonchev–Trinajstić information content (AvgIpc) is 2.70. The molecule has 0 aliphatic rings. The third kappa shape index (κ3) is 6.68. The van der Waals surface area contributed by atoms with Gasteiger partial charge in [-0.1, -0.05) is 71.2 Å². The summed E-state index contributed by atoms with van der Waals surface area (Å²) in [6.45, 7) is 12.2. The van der Waals surface area contributed by atoms with Gasteiger partial charge in [0.2, 0.25) is 5.91 Å². The number of nitrogens with one attached hydrogen (secondary N) is 1. The van der Waals surface area contributed by atoms with Gasteiger partial charge < -0.3 is 10.4 Å². The smallest absolute Gasteiger partial charge is 0.224 e. The van der Waals surface area contributed by atoms with Gasteiger partial charge in [-0.3, -0.25) is 9.59 Å². The van der Waals surface area contributed by atoms with Crippen LogP contribution >= 0.6 is 0 Å². The van der Waals surface area contributed by atoms with E-state index in [1.165, 1.54) is 0 Å². The minimum Gasteiger partial charge on any atom is -0.507 e. The number of aromatic hydroxyl groups is 1. The molecule has 2 N–H and O–H groups in total. The predicted molar refractivity (Wildman–Crippen MR) is 128 cm³/mol. The summed E-state index contributed by atoms with van der Waals surface area (Å²) in [5.41, 5.74) is 4.87. The zero-order chi connectivity index (χ0) is 23.2. The zero-order valence-electron chi connectivity index (χ0n) is 19.8. The summed E-state index contributed by atoms with van der Waals surface area (Å²) in [6, 6.07) is 9.47. The number of hydrogen-bond donors (Lipinski definition) is 2. The molecule has 1 amide bonds. The minimum absolute atomic E-state index is 0.0570. The van der Waals surface area contributed by atoms with E-state index < -0.39 is 0 Å². The number of hydrogen-bond acceptors (Lipinski definition) is 3. The van der Waals surface area contributed by atoms with Crippen LogP contribution in [0.1, 0.15) is 98.3 Å². The van der Waals surface area contributed by atoms with Gasteiger partial charge in [0.25, 0.3) is 0 Å². The summed E-state index contributed by atoms with van der Waals surface area (Å²) < 4.78 is 0. The number of benzene rings is 2. The van der Waals surface area contributed by atoms with E-state index in [2.05, 4.69) is 33.0 Å². The van der Waals surface area contributed by atoms with Crippen molar-refractivity contribution in [3.8, 4) is 5.75 Å². The standard InChI is InChI=1S/C27H37NO3/c1-7-8-9-10-21(22-13-18(2)26(31)19(3)14-22)16-25(30)28-24-15-20(17-29)11-12-23(24)27(4,5)6/h11-15,17,21,31H,7-10,16H2,1-6H3,(H,28,30). The van der Waals surface area contributed by atoms with Gasteiger partial charge in [-0.25, -0.2) is 0 Å². The van der Waals surface area contributed by atoms with Crippen LogP contribution in [0.3, 0.4) is 0 Å². The predicted octanol–water partition coefficient (Wildman–Crippen LogP) is 6.81. The Labute approximate surface area is 187 Å². The van der Waals surface area contributed by atoms with Crippen molar-refractivity contribution in [1.29, 1.82) is 0 Å². The normalized spacial score (nSPS) is 12.5. The summed E-state index contributed by atoms with van der Waals surface area (Å²) in [5.74, 6) is 0.344. The van der Waals surface area contributed by atoms with E-state index in [4.69, 9.17) is 0 Å². The molecule has 0 aromatic heterocycles. The Morgan fingerprint density at radius 2 is 1.74 bits per heavy atom. The van der Waals surface area contributed by atoms with Crippen LogP contribution in [0.25, 0.3) is 0 Å². The van der Waals surface area contributed by atoms with Crippen LogP contribution in [0.4, 0.5) is 5.69 Å². The Balaban J connectivity index is 2.29. The second-order valence-corrected chi connectivity index (χ2v) is 9.62. The van der Waals surface area contributed by atoms with E-state index >= 15 is 0 Å². The van der Waals surface area contributed by atoms with E-state index in [0.717, 1.165) is 54.2 Å². The van der Waals surface area contributed by atoms with Gasteiger partial charge >= 0.3 is 0 Å². The fourth-order valence-electron chi connectivity index (χ4n) is 4.07. The Hall–Kier alpha value is -2.62. The van der Waals surface area contributed by atoms with Crippen LogP contribution in [-0.4, -0.2) is 17.3 Å². The number of anilines is 1. The highest BCUT2D eigenvalue weighted by Gasteiger charge is 2.22. The molecule has 0 heterocycles. The molecular weight excluding hydrogens is 386 g/mol. The molecule has 4 heteroatoms. The maximum Gasteiger partial charge on any atom is 0.224 e. The number of aldehydes is 1. The van der Waals surface area contributed by atoms with Gasteiger partial charge in [0.05, 0.1) is 0 Å². The molecule has 0 saturated carbocycles. The molecule has 0 aliphatic heterocycles. The topological polar surface area (TPSA) is 66.4 Å². The number of phenols is 1. The molecule has 2 aromatic carbocycles. The van der Waals surface area contributed by atoms with Crippen molar-refractivity contribution >= 4 is 17.9 Å². The van der Waals surface area contributed by atoms with Crippen molar-refractivity contribution in [2.75, 3.05) is 5.32 Å². The first-order valence-electron chi connectivity index (χ1n) is 11.3. The van der Waals surface area contributed by atoms with Gasteiger partial charge in [-0.15, -0.1) is 0 Å². The van der Waals surface area contributed by atoms with Gasteiger partial charge in [0.1, 0.15) is 12.0 Å². The Kier molecular flexibility index (Phi) is 8.43. The van der Waals surface area contributed by atoms with Gasteiger partial charge in [0.15, 0.2) is 0 Å². The molecule has 0 radical (unpaired) electrons. The maximum absolute atomic E-state index is 13.1. The highest BCUT2D eigenvalue weighted by atomic mass is 16.3. The first kappa shape index (κ1) is 24.6. The molecule has 0 aliphatic carbocycles. The van der Waals surface area contributed by atoms with Crippen LogP contribution in [0, 0.1) is 13.8 Å². The lowest BCUT2D eigenvalue weighted by Gasteiger charge is -2.24. The van der Waals surface area contributed by atoms with Crippen LogP contribution in [0.15, 0.2) is 30.3 Å². The van der Waals surface area contributed by atoms with E-state index in [1.807, 2.05) is 32.0 Å². The molecule has 0 fully saturated rings. The molecule has 1 atom stereocenters. The molecule has 2 aromatic rings. The van der Waals surface area contributed by atoms with Crippen LogP contribution in [0.2, 0.25) is 0 Å². The number of rotatable bonds is 9. The third-order valence-electron chi connectivity index (χ3n) is 5.83. The van der Waals surface area contributed by atoms with Crippen molar-refractivity contribution in [2.45, 2.75) is 85.0 Å². The highest BCUT2D eigenvalue weighted by Crippen LogP contribution is 2.34. The lowest BCUT2D eigenvalue weighted by molar-refractivity contribution is -0.116. The van der Waals surface area contributed by atoms with E-state index in [9.17, 15) is 14.7 Å². The second kappa shape index (κ2) is 10.6. The Bertz CT molecular complexity index is 902. The van der Waals surface area contributed by atoms with Crippen LogP contribution in [-0.2, 0) is 10.2 Å². The zero-order valence-corrected chi connectivity index (χ0v) is 19.8. The van der Waals surface area contributed by atoms with Crippen LogP contribution < -0.4 is 5.32 Å². The summed E-state index contributed by atoms with van der Waals surface area (Å²) in [7, 11) is 0. The monoisotopic (exact) mass is 423 g/mol. The fourth-order valence-corrected chi connectivity index (χ4v) is 4.07. The molecular formula is C27H37NO3. The van der Waals surface area contributed by atoms with Crippen molar-refractivity contribution in [1.82, 2.24) is 0 Å². The number of phenolic OH excluding ortho intramolecular Hbond substituents is 1. The molecule has 168 valence electrons. The second-order valence-electron chi connectivity index (χ2n) is 9.62.